The Labute approximate surface area is 218 Å². The van der Waals surface area contributed by atoms with Gasteiger partial charge in [0.2, 0.25) is 0 Å². The van der Waals surface area contributed by atoms with Crippen molar-refractivity contribution < 1.29 is 18.1 Å². The van der Waals surface area contributed by atoms with Crippen LogP contribution in [-0.2, 0) is 13.1 Å². The zero-order valence-electron chi connectivity index (χ0n) is 22.7. The molecule has 0 N–H and O–H groups in total. The van der Waals surface area contributed by atoms with E-state index in [-0.39, 0.29) is 0 Å². The first-order valence-electron chi connectivity index (χ1n) is 13.0. The van der Waals surface area contributed by atoms with Crippen LogP contribution >= 0.6 is 21.6 Å². The molecule has 0 bridgehead atoms. The van der Waals surface area contributed by atoms with Gasteiger partial charge in [0, 0.05) is 63.8 Å². The van der Waals surface area contributed by atoms with Crippen LogP contribution in [0.3, 0.4) is 0 Å². The molecule has 6 heteroatoms. The molecule has 2 aromatic rings. The van der Waals surface area contributed by atoms with Crippen molar-refractivity contribution >= 4 is 21.6 Å². The number of unbranched alkanes of at least 4 members (excludes halogenated alkanes) is 2. The fraction of sp³-hybridized carbons (Fsp3) is 0.643. The first-order valence-corrected chi connectivity index (χ1v) is 15.5. The van der Waals surface area contributed by atoms with Crippen molar-refractivity contribution in [3.63, 3.8) is 0 Å². The summed E-state index contributed by atoms with van der Waals surface area (Å²) in [6, 6.07) is 12.9. The SMILES string of the molecule is Cc1cccc[n+]1CCCC[N+](C)(C)CCSSCC[N+](C)(C)CCCC[n+]1ccccc1C. The maximum Gasteiger partial charge on any atom is 0.178 e. The van der Waals surface area contributed by atoms with E-state index < -0.39 is 0 Å². The van der Waals surface area contributed by atoms with E-state index in [9.17, 15) is 0 Å². The molecule has 0 amide bonds. The molecule has 2 rings (SSSR count). The second-order valence-electron chi connectivity index (χ2n) is 10.9. The predicted molar refractivity (Wildman–Crippen MR) is 150 cm³/mol. The molecule has 0 fully saturated rings. The van der Waals surface area contributed by atoms with Crippen molar-refractivity contribution in [2.24, 2.45) is 0 Å². The van der Waals surface area contributed by atoms with Crippen LogP contribution in [0.5, 0.6) is 0 Å². The smallest absolute Gasteiger partial charge is 0.178 e. The number of pyridine rings is 2. The zero-order valence-corrected chi connectivity index (χ0v) is 24.3. The summed E-state index contributed by atoms with van der Waals surface area (Å²) in [6.07, 6.45) is 9.51. The average molecular weight is 507 g/mol. The molecule has 2 aromatic heterocycles. The van der Waals surface area contributed by atoms with Gasteiger partial charge in [-0.05, 0) is 0 Å². The maximum absolute atomic E-state index is 2.39. The van der Waals surface area contributed by atoms with Gasteiger partial charge in [0.15, 0.2) is 23.8 Å². The van der Waals surface area contributed by atoms with Crippen LogP contribution < -0.4 is 9.13 Å². The first kappa shape index (κ1) is 29.2. The van der Waals surface area contributed by atoms with Crippen molar-refractivity contribution in [1.82, 2.24) is 0 Å². The first-order chi connectivity index (χ1) is 16.2. The number of rotatable bonds is 17. The normalized spacial score (nSPS) is 12.3. The van der Waals surface area contributed by atoms with Gasteiger partial charge in [0.05, 0.1) is 65.9 Å². The van der Waals surface area contributed by atoms with E-state index in [1.54, 1.807) is 0 Å². The molecular weight excluding hydrogens is 456 g/mol. The minimum Gasteiger partial charge on any atom is -0.328 e. The molecule has 34 heavy (non-hydrogen) atoms. The summed E-state index contributed by atoms with van der Waals surface area (Å²) in [5.74, 6) is 2.48. The summed E-state index contributed by atoms with van der Waals surface area (Å²) < 4.78 is 7.00. The molecule has 0 radical (unpaired) electrons. The van der Waals surface area contributed by atoms with Gasteiger partial charge < -0.3 is 8.97 Å². The summed E-state index contributed by atoms with van der Waals surface area (Å²) in [7, 11) is 13.7. The Hall–Kier alpha value is -1.08. The van der Waals surface area contributed by atoms with Crippen LogP contribution in [0, 0.1) is 13.8 Å². The lowest BCUT2D eigenvalue weighted by Gasteiger charge is -2.30. The van der Waals surface area contributed by atoms with E-state index in [4.69, 9.17) is 0 Å². The van der Waals surface area contributed by atoms with Crippen molar-refractivity contribution in [2.45, 2.75) is 52.6 Å². The molecule has 0 saturated heterocycles. The zero-order chi connectivity index (χ0) is 24.9. The molecule has 0 aliphatic carbocycles. The molecule has 190 valence electrons. The summed E-state index contributed by atoms with van der Waals surface area (Å²) in [5, 5.41) is 0. The molecule has 0 atom stereocenters. The third-order valence-corrected chi connectivity index (χ3v) is 9.17. The third kappa shape index (κ3) is 12.1. The number of aromatic nitrogens is 2. The van der Waals surface area contributed by atoms with Gasteiger partial charge in [-0.25, -0.2) is 9.13 Å². The number of hydrogen-bond acceptors (Lipinski definition) is 2. The van der Waals surface area contributed by atoms with E-state index in [1.165, 1.54) is 74.8 Å². The number of hydrogen-bond donors (Lipinski definition) is 0. The number of nitrogens with zero attached hydrogens (tertiary/aromatic N) is 4. The highest BCUT2D eigenvalue weighted by atomic mass is 33.1. The van der Waals surface area contributed by atoms with Gasteiger partial charge in [-0.2, -0.15) is 0 Å². The average Bonchev–Trinajstić information content (AvgIpc) is 2.79. The highest BCUT2D eigenvalue weighted by Crippen LogP contribution is 2.22. The molecule has 0 aliphatic heterocycles. The maximum atomic E-state index is 2.39. The lowest BCUT2D eigenvalue weighted by molar-refractivity contribution is -0.888. The molecule has 0 aromatic carbocycles. The topological polar surface area (TPSA) is 7.76 Å². The Bertz CT molecular complexity index is 769. The molecular formula is C28H50N4S2+4. The number of quaternary nitrogens is 2. The predicted octanol–water partition coefficient (Wildman–Crippen LogP) is 4.67. The Morgan fingerprint density at radius 2 is 1.00 bits per heavy atom. The summed E-state index contributed by atoms with van der Waals surface area (Å²) in [6.45, 7) is 11.7. The standard InChI is InChI=1S/C28H50N4S2/c1-27-15-7-9-17-29(27)19-11-13-21-31(3,4)23-25-33-34-26-24-32(5,6)22-14-12-20-30-18-10-8-16-28(30)2/h7-10,15-18H,11-14,19-26H2,1-6H3/q+4. The Morgan fingerprint density at radius 1 is 0.588 bits per heavy atom. The quantitative estimate of drug-likeness (QED) is 0.133. The molecule has 0 unspecified atom stereocenters. The van der Waals surface area contributed by atoms with E-state index in [1.807, 2.05) is 0 Å². The summed E-state index contributed by atoms with van der Waals surface area (Å²) in [5.41, 5.74) is 2.71. The fourth-order valence-corrected chi connectivity index (χ4v) is 6.71. The molecule has 0 aliphatic rings. The second kappa shape index (κ2) is 15.1. The van der Waals surface area contributed by atoms with Gasteiger partial charge in [0.25, 0.3) is 0 Å². The van der Waals surface area contributed by atoms with Crippen LogP contribution in [0.25, 0.3) is 0 Å². The van der Waals surface area contributed by atoms with Crippen LogP contribution in [0.15, 0.2) is 48.8 Å². The minimum absolute atomic E-state index is 1.13. The molecule has 4 nitrogen and oxygen atoms in total. The lowest BCUT2D eigenvalue weighted by Crippen LogP contribution is -2.43. The third-order valence-electron chi connectivity index (χ3n) is 6.80. The Balaban J connectivity index is 1.49. The van der Waals surface area contributed by atoms with E-state index >= 15 is 0 Å². The second-order valence-corrected chi connectivity index (χ2v) is 13.6. The largest absolute Gasteiger partial charge is 0.328 e. The van der Waals surface area contributed by atoms with Crippen LogP contribution in [0.2, 0.25) is 0 Å². The van der Waals surface area contributed by atoms with Gasteiger partial charge in [-0.15, -0.1) is 0 Å². The van der Waals surface area contributed by atoms with Crippen molar-refractivity contribution in [3.05, 3.63) is 60.2 Å². The Morgan fingerprint density at radius 3 is 1.38 bits per heavy atom. The fourth-order valence-electron chi connectivity index (χ4n) is 4.18. The van der Waals surface area contributed by atoms with Crippen molar-refractivity contribution in [2.75, 3.05) is 65.9 Å². The van der Waals surface area contributed by atoms with Gasteiger partial charge >= 0.3 is 0 Å². The Kier molecular flexibility index (Phi) is 13.0. The van der Waals surface area contributed by atoms with E-state index in [0.29, 0.717) is 0 Å². The van der Waals surface area contributed by atoms with Gasteiger partial charge in [-0.3, -0.25) is 0 Å². The van der Waals surface area contributed by atoms with Gasteiger partial charge in [-0.1, -0.05) is 33.7 Å². The van der Waals surface area contributed by atoms with Crippen LogP contribution in [-0.4, -0.2) is 74.8 Å². The van der Waals surface area contributed by atoms with Crippen LogP contribution in [0.1, 0.15) is 37.1 Å². The molecule has 0 spiro atoms. The summed E-state index contributed by atoms with van der Waals surface area (Å²) in [4.78, 5) is 0. The minimum atomic E-state index is 1.13. The summed E-state index contributed by atoms with van der Waals surface area (Å²) >= 11 is 0. The van der Waals surface area contributed by atoms with Gasteiger partial charge in [0.1, 0.15) is 13.1 Å². The highest BCUT2D eigenvalue weighted by molar-refractivity contribution is 8.76. The highest BCUT2D eigenvalue weighted by Gasteiger charge is 2.17. The number of aryl methyl sites for hydroxylation is 4. The molecule has 2 heterocycles. The van der Waals surface area contributed by atoms with Crippen molar-refractivity contribution in [1.29, 1.82) is 0 Å². The van der Waals surface area contributed by atoms with Crippen molar-refractivity contribution in [3.8, 4) is 0 Å². The monoisotopic (exact) mass is 506 g/mol. The van der Waals surface area contributed by atoms with E-state index in [2.05, 4.69) is 122 Å². The van der Waals surface area contributed by atoms with Crippen LogP contribution in [0.4, 0.5) is 0 Å². The molecule has 0 saturated carbocycles. The lowest BCUT2D eigenvalue weighted by atomic mass is 10.2. The van der Waals surface area contributed by atoms with E-state index in [0.717, 1.165) is 22.1 Å².